The molecule has 3 fully saturated rings. The molecule has 1 amide bonds. The van der Waals surface area contributed by atoms with E-state index in [0.717, 1.165) is 50.9 Å². The monoisotopic (exact) mass is 501 g/mol. The molecule has 0 saturated carbocycles. The van der Waals surface area contributed by atoms with Gasteiger partial charge in [-0.25, -0.2) is 0 Å². The van der Waals surface area contributed by atoms with Gasteiger partial charge in [-0.1, -0.05) is 12.1 Å². The van der Waals surface area contributed by atoms with Gasteiger partial charge in [0.1, 0.15) is 5.75 Å². The average molecular weight is 502 g/mol. The van der Waals surface area contributed by atoms with E-state index in [2.05, 4.69) is 17.5 Å². The molecule has 0 bridgehead atoms. The highest BCUT2D eigenvalue weighted by Gasteiger charge is 2.43. The van der Waals surface area contributed by atoms with Crippen molar-refractivity contribution in [1.82, 2.24) is 18.8 Å². The largest absolute Gasteiger partial charge is 0.496 e. The summed E-state index contributed by atoms with van der Waals surface area (Å²) in [5.74, 6) is 0.505. The maximum Gasteiger partial charge on any atom is 0.282 e. The third kappa shape index (κ3) is 4.67. The molecular formula is C25H35N5O4S. The number of carbonyl (C=O) groups excluding carboxylic acids is 1. The van der Waals surface area contributed by atoms with E-state index in [4.69, 9.17) is 10.00 Å². The predicted octanol–water partition coefficient (Wildman–Crippen LogP) is 1.68. The van der Waals surface area contributed by atoms with Gasteiger partial charge in [-0.3, -0.25) is 4.79 Å². The summed E-state index contributed by atoms with van der Waals surface area (Å²) in [5, 5.41) is 12.7. The van der Waals surface area contributed by atoms with Crippen molar-refractivity contribution in [3.05, 3.63) is 29.3 Å². The average Bonchev–Trinajstić information content (AvgIpc) is 3.48. The fraction of sp³-hybridized carbons (Fsp3) is 0.680. The van der Waals surface area contributed by atoms with Crippen LogP contribution in [-0.4, -0.2) is 80.3 Å². The Bertz CT molecular complexity index is 1100. The lowest BCUT2D eigenvalue weighted by molar-refractivity contribution is -0.137. The SMILES string of the molecule is COc1cccc2c1CCC2NC[C@H]1CCCN1C(=O)[C@H]1CCCN(S(=O)(=O)N2CC(C#N)C2)C1. The Morgan fingerprint density at radius 3 is 2.71 bits per heavy atom. The summed E-state index contributed by atoms with van der Waals surface area (Å²) in [6.45, 7) is 2.66. The number of likely N-dealkylation sites (tertiary alicyclic amines) is 1. The first-order chi connectivity index (χ1) is 16.9. The topological polar surface area (TPSA) is 106 Å². The van der Waals surface area contributed by atoms with Crippen molar-refractivity contribution in [2.45, 2.75) is 50.6 Å². The first kappa shape index (κ1) is 24.5. The molecule has 1 unspecified atom stereocenters. The molecule has 5 rings (SSSR count). The molecule has 1 aliphatic carbocycles. The number of methoxy groups -OCH3 is 1. The van der Waals surface area contributed by atoms with E-state index >= 15 is 0 Å². The molecule has 35 heavy (non-hydrogen) atoms. The normalized spacial score (nSPS) is 27.9. The molecular weight excluding hydrogens is 466 g/mol. The van der Waals surface area contributed by atoms with Crippen LogP contribution in [0.5, 0.6) is 5.75 Å². The van der Waals surface area contributed by atoms with Crippen LogP contribution in [-0.2, 0) is 21.4 Å². The van der Waals surface area contributed by atoms with Crippen molar-refractivity contribution in [3.8, 4) is 11.8 Å². The zero-order valence-corrected chi connectivity index (χ0v) is 21.2. The van der Waals surface area contributed by atoms with Gasteiger partial charge in [0.05, 0.1) is 25.0 Å². The molecule has 3 aliphatic heterocycles. The number of nitrogens with one attached hydrogen (secondary N) is 1. The highest BCUT2D eigenvalue weighted by molar-refractivity contribution is 7.86. The first-order valence-corrected chi connectivity index (χ1v) is 14.2. The van der Waals surface area contributed by atoms with Gasteiger partial charge in [0.15, 0.2) is 0 Å². The van der Waals surface area contributed by atoms with Gasteiger partial charge in [-0.05, 0) is 55.7 Å². The zero-order valence-electron chi connectivity index (χ0n) is 20.4. The van der Waals surface area contributed by atoms with Crippen molar-refractivity contribution in [2.24, 2.45) is 11.8 Å². The molecule has 1 aromatic carbocycles. The summed E-state index contributed by atoms with van der Waals surface area (Å²) < 4.78 is 34.3. The number of piperidine rings is 1. The van der Waals surface area contributed by atoms with Gasteiger partial charge in [0.2, 0.25) is 5.91 Å². The van der Waals surface area contributed by atoms with Gasteiger partial charge in [-0.15, -0.1) is 0 Å². The number of nitrogens with zero attached hydrogens (tertiary/aromatic N) is 4. The Morgan fingerprint density at radius 2 is 1.94 bits per heavy atom. The Balaban J connectivity index is 1.19. The van der Waals surface area contributed by atoms with E-state index in [-0.39, 0.29) is 49.5 Å². The van der Waals surface area contributed by atoms with Gasteiger partial charge in [-0.2, -0.15) is 22.3 Å². The Morgan fingerprint density at radius 1 is 1.14 bits per heavy atom. The molecule has 3 saturated heterocycles. The number of ether oxygens (including phenoxy) is 1. The first-order valence-electron chi connectivity index (χ1n) is 12.8. The quantitative estimate of drug-likeness (QED) is 0.609. The number of fused-ring (bicyclic) bond motifs is 1. The summed E-state index contributed by atoms with van der Waals surface area (Å²) >= 11 is 0. The third-order valence-corrected chi connectivity index (χ3v) is 10.1. The fourth-order valence-corrected chi connectivity index (χ4v) is 7.89. The number of amides is 1. The molecule has 0 radical (unpaired) electrons. The van der Waals surface area contributed by atoms with Crippen LogP contribution in [0.3, 0.4) is 0 Å². The predicted molar refractivity (Wildman–Crippen MR) is 131 cm³/mol. The maximum absolute atomic E-state index is 13.5. The van der Waals surface area contributed by atoms with Crippen LogP contribution in [0.25, 0.3) is 0 Å². The van der Waals surface area contributed by atoms with E-state index in [9.17, 15) is 13.2 Å². The molecule has 3 atom stereocenters. The minimum Gasteiger partial charge on any atom is -0.496 e. The lowest BCUT2D eigenvalue weighted by atomic mass is 9.97. The Kier molecular flexibility index (Phi) is 7.04. The van der Waals surface area contributed by atoms with Crippen molar-refractivity contribution in [3.63, 3.8) is 0 Å². The number of hydrogen-bond donors (Lipinski definition) is 1. The van der Waals surface area contributed by atoms with Crippen LogP contribution in [0, 0.1) is 23.2 Å². The molecule has 1 N–H and O–H groups in total. The molecule has 0 aromatic heterocycles. The van der Waals surface area contributed by atoms with E-state index < -0.39 is 10.2 Å². The smallest absolute Gasteiger partial charge is 0.282 e. The summed E-state index contributed by atoms with van der Waals surface area (Å²) in [5.41, 5.74) is 2.57. The third-order valence-electron chi connectivity index (χ3n) is 8.12. The second-order valence-electron chi connectivity index (χ2n) is 10.2. The number of hydrogen-bond acceptors (Lipinski definition) is 6. The van der Waals surface area contributed by atoms with Crippen molar-refractivity contribution in [2.75, 3.05) is 46.4 Å². The highest BCUT2D eigenvalue weighted by atomic mass is 32.2. The summed E-state index contributed by atoms with van der Waals surface area (Å²) in [6.07, 6.45) is 5.36. The van der Waals surface area contributed by atoms with Crippen LogP contribution in [0.1, 0.15) is 49.3 Å². The second-order valence-corrected chi connectivity index (χ2v) is 12.1. The molecule has 4 aliphatic rings. The van der Waals surface area contributed by atoms with Gasteiger partial charge >= 0.3 is 0 Å². The fourth-order valence-electron chi connectivity index (χ4n) is 6.10. The summed E-state index contributed by atoms with van der Waals surface area (Å²) in [4.78, 5) is 15.5. The van der Waals surface area contributed by atoms with E-state index in [1.165, 1.54) is 19.7 Å². The standard InChI is InChI=1S/C25H35N5O4S/c1-34-24-8-2-7-21-22(24)9-10-23(21)27-14-20-6-4-12-30(20)25(31)19-5-3-11-28(17-19)35(32,33)29-15-18(13-26)16-29/h2,7-8,18-20,23,27H,3-6,9-12,14-17H2,1H3/t19-,20+,23?/m0/s1. The van der Waals surface area contributed by atoms with Gasteiger partial charge in [0, 0.05) is 51.4 Å². The van der Waals surface area contributed by atoms with Crippen LogP contribution in [0.2, 0.25) is 0 Å². The Hall–Kier alpha value is -2.19. The van der Waals surface area contributed by atoms with Crippen LogP contribution in [0.15, 0.2) is 18.2 Å². The molecule has 3 heterocycles. The summed E-state index contributed by atoms with van der Waals surface area (Å²) in [7, 11) is -1.89. The van der Waals surface area contributed by atoms with Crippen molar-refractivity contribution >= 4 is 16.1 Å². The Labute approximate surface area is 208 Å². The van der Waals surface area contributed by atoms with Crippen LogP contribution in [0.4, 0.5) is 0 Å². The molecule has 1 aromatic rings. The lowest BCUT2D eigenvalue weighted by Crippen LogP contribution is -2.57. The summed E-state index contributed by atoms with van der Waals surface area (Å²) in [6, 6.07) is 8.73. The molecule has 9 nitrogen and oxygen atoms in total. The minimum atomic E-state index is -3.61. The van der Waals surface area contributed by atoms with E-state index in [1.807, 2.05) is 17.0 Å². The highest BCUT2D eigenvalue weighted by Crippen LogP contribution is 2.37. The molecule has 190 valence electrons. The van der Waals surface area contributed by atoms with E-state index in [0.29, 0.717) is 13.0 Å². The zero-order chi connectivity index (χ0) is 24.6. The number of rotatable bonds is 7. The second kappa shape index (κ2) is 10.1. The van der Waals surface area contributed by atoms with Crippen LogP contribution < -0.4 is 10.1 Å². The lowest BCUT2D eigenvalue weighted by Gasteiger charge is -2.41. The number of carbonyl (C=O) groups is 1. The molecule has 0 spiro atoms. The minimum absolute atomic E-state index is 0.0844. The maximum atomic E-state index is 13.5. The molecule has 10 heteroatoms. The number of benzene rings is 1. The van der Waals surface area contributed by atoms with Gasteiger partial charge < -0.3 is 15.0 Å². The number of nitriles is 1. The van der Waals surface area contributed by atoms with Crippen molar-refractivity contribution in [1.29, 1.82) is 5.26 Å². The van der Waals surface area contributed by atoms with Crippen molar-refractivity contribution < 1.29 is 17.9 Å². The van der Waals surface area contributed by atoms with E-state index in [1.54, 1.807) is 7.11 Å². The van der Waals surface area contributed by atoms with Gasteiger partial charge in [0.25, 0.3) is 10.2 Å². The van der Waals surface area contributed by atoms with Crippen LogP contribution >= 0.6 is 0 Å².